The third-order valence-corrected chi connectivity index (χ3v) is 18.4. The number of amides is 1. The summed E-state index contributed by atoms with van der Waals surface area (Å²) in [5, 5.41) is 23.2. The number of aliphatic hydroxyl groups is 2. The zero-order valence-corrected chi connectivity index (χ0v) is 56.3. The van der Waals surface area contributed by atoms with E-state index in [1.54, 1.807) is 0 Å². The number of carbonyl (C=O) groups excluding carboxylic acids is 2. The number of aliphatic hydroxyl groups excluding tert-OH is 2. The lowest BCUT2D eigenvalue weighted by atomic mass is 10.0. The van der Waals surface area contributed by atoms with Crippen LogP contribution in [0.15, 0.2) is 0 Å². The molecule has 0 rings (SSSR count). The van der Waals surface area contributed by atoms with Crippen LogP contribution in [0.2, 0.25) is 0 Å². The smallest absolute Gasteiger partial charge is 0.305 e. The molecule has 0 radical (unpaired) electrons. The van der Waals surface area contributed by atoms with Gasteiger partial charge in [-0.15, -0.1) is 0 Å². The van der Waals surface area contributed by atoms with Gasteiger partial charge in [-0.2, -0.15) is 0 Å². The van der Waals surface area contributed by atoms with Crippen molar-refractivity contribution in [2.24, 2.45) is 0 Å². The van der Waals surface area contributed by atoms with E-state index in [9.17, 15) is 19.8 Å². The molecule has 0 spiro atoms. The zero-order chi connectivity index (χ0) is 59.2. The van der Waals surface area contributed by atoms with E-state index in [2.05, 4.69) is 19.2 Å². The van der Waals surface area contributed by atoms with Gasteiger partial charge >= 0.3 is 5.97 Å². The quantitative estimate of drug-likeness (QED) is 0.0417. The predicted molar refractivity (Wildman–Crippen MR) is 361 cm³/mol. The van der Waals surface area contributed by atoms with Crippen molar-refractivity contribution in [3.63, 3.8) is 0 Å². The van der Waals surface area contributed by atoms with Crippen molar-refractivity contribution in [3.05, 3.63) is 0 Å². The summed E-state index contributed by atoms with van der Waals surface area (Å²) in [6.07, 6.45) is 89.2. The third-order valence-electron chi connectivity index (χ3n) is 18.4. The molecule has 0 saturated heterocycles. The lowest BCUT2D eigenvalue weighted by molar-refractivity contribution is -0.143. The summed E-state index contributed by atoms with van der Waals surface area (Å²) in [6.45, 7) is 4.99. The first kappa shape index (κ1) is 80.9. The Bertz CT molecular complexity index is 1200. The summed E-state index contributed by atoms with van der Waals surface area (Å²) in [6, 6.07) is -0.534. The van der Waals surface area contributed by atoms with Crippen LogP contribution < -0.4 is 5.32 Å². The Hall–Kier alpha value is -1.14. The fourth-order valence-corrected chi connectivity index (χ4v) is 12.6. The normalized spacial score (nSPS) is 12.4. The molecule has 2 atom stereocenters. The fourth-order valence-electron chi connectivity index (χ4n) is 12.6. The molecular weight excluding hydrogens is 1010 g/mol. The van der Waals surface area contributed by atoms with Crippen LogP contribution in [0.4, 0.5) is 0 Å². The number of carbonyl (C=O) groups is 2. The maximum absolute atomic E-state index is 12.5. The number of ether oxygens (including phenoxy) is 1. The second-order valence-corrected chi connectivity index (χ2v) is 26.7. The summed E-state index contributed by atoms with van der Waals surface area (Å²) in [5.41, 5.74) is 0. The van der Waals surface area contributed by atoms with Crippen molar-refractivity contribution in [3.8, 4) is 0 Å². The Labute approximate surface area is 515 Å². The first-order valence-corrected chi connectivity index (χ1v) is 38.3. The van der Waals surface area contributed by atoms with Crippen LogP contribution in [0.3, 0.4) is 0 Å². The second-order valence-electron chi connectivity index (χ2n) is 26.7. The summed E-state index contributed by atoms with van der Waals surface area (Å²) in [5.74, 6) is 0.00122. The van der Waals surface area contributed by atoms with E-state index in [-0.39, 0.29) is 18.5 Å². The number of hydrogen-bond donors (Lipinski definition) is 3. The summed E-state index contributed by atoms with van der Waals surface area (Å²) in [7, 11) is 0. The lowest BCUT2D eigenvalue weighted by Gasteiger charge is -2.22. The van der Waals surface area contributed by atoms with Gasteiger partial charge in [0.15, 0.2) is 0 Å². The van der Waals surface area contributed by atoms with Gasteiger partial charge in [0.1, 0.15) is 0 Å². The van der Waals surface area contributed by atoms with Crippen LogP contribution >= 0.6 is 0 Å². The van der Waals surface area contributed by atoms with Crippen molar-refractivity contribution in [2.75, 3.05) is 13.2 Å². The molecule has 0 aromatic rings. The number of rotatable bonds is 73. The molecule has 0 aliphatic carbocycles. The van der Waals surface area contributed by atoms with E-state index >= 15 is 0 Å². The number of esters is 1. The van der Waals surface area contributed by atoms with Gasteiger partial charge in [-0.25, -0.2) is 0 Å². The molecule has 1 amide bonds. The highest BCUT2D eigenvalue weighted by atomic mass is 16.5. The van der Waals surface area contributed by atoms with Crippen molar-refractivity contribution in [2.45, 2.75) is 463 Å². The second kappa shape index (κ2) is 72.3. The van der Waals surface area contributed by atoms with Crippen molar-refractivity contribution < 1.29 is 24.5 Å². The zero-order valence-electron chi connectivity index (χ0n) is 56.3. The van der Waals surface area contributed by atoms with Gasteiger partial charge in [0.05, 0.1) is 25.4 Å². The molecule has 3 N–H and O–H groups in total. The molecule has 0 aromatic heterocycles. The molecule has 0 aliphatic heterocycles. The Morgan fingerprint density at radius 1 is 0.293 bits per heavy atom. The van der Waals surface area contributed by atoms with Gasteiger partial charge in [0, 0.05) is 12.8 Å². The van der Waals surface area contributed by atoms with Crippen LogP contribution in [0.25, 0.3) is 0 Å². The summed E-state index contributed by atoms with van der Waals surface area (Å²) >= 11 is 0. The Balaban J connectivity index is 3.25. The predicted octanol–water partition coefficient (Wildman–Crippen LogP) is 24.9. The molecular formula is C76H151NO5. The van der Waals surface area contributed by atoms with E-state index in [1.807, 2.05) is 0 Å². The van der Waals surface area contributed by atoms with Gasteiger partial charge < -0.3 is 20.3 Å². The molecule has 2 unspecified atom stereocenters. The van der Waals surface area contributed by atoms with Gasteiger partial charge in [0.25, 0.3) is 0 Å². The Kier molecular flexibility index (Phi) is 71.3. The van der Waals surface area contributed by atoms with E-state index in [0.717, 1.165) is 38.5 Å². The molecule has 0 fully saturated rings. The Morgan fingerprint density at radius 3 is 0.744 bits per heavy atom. The minimum Gasteiger partial charge on any atom is -0.466 e. The first-order valence-electron chi connectivity index (χ1n) is 38.3. The van der Waals surface area contributed by atoms with Crippen LogP contribution in [0.1, 0.15) is 450 Å². The highest BCUT2D eigenvalue weighted by Gasteiger charge is 2.20. The molecule has 0 aliphatic rings. The topological polar surface area (TPSA) is 95.9 Å². The first-order chi connectivity index (χ1) is 40.5. The average molecular weight is 1160 g/mol. The molecule has 82 heavy (non-hydrogen) atoms. The molecule has 490 valence electrons. The molecule has 6 nitrogen and oxygen atoms in total. The van der Waals surface area contributed by atoms with E-state index in [0.29, 0.717) is 25.9 Å². The van der Waals surface area contributed by atoms with Crippen molar-refractivity contribution in [1.82, 2.24) is 5.32 Å². The largest absolute Gasteiger partial charge is 0.466 e. The van der Waals surface area contributed by atoms with Crippen molar-refractivity contribution in [1.29, 1.82) is 0 Å². The minimum atomic E-state index is -0.657. The maximum Gasteiger partial charge on any atom is 0.305 e. The van der Waals surface area contributed by atoms with Crippen LogP contribution in [0, 0.1) is 0 Å². The maximum atomic E-state index is 12.5. The number of unbranched alkanes of at least 4 members (excludes halogenated alkanes) is 62. The van der Waals surface area contributed by atoms with Crippen LogP contribution in [-0.4, -0.2) is 47.4 Å². The SMILES string of the molecule is CCCCCCCCCCCCCCCCCC(=O)OCCCCCCCCCCCCCCCCCCCCCCCCCCCCCCCCCCCCCCCCCC(=O)NC(CO)C(O)CCCCCCCCCCCCC. The molecule has 0 aromatic carbocycles. The fraction of sp³-hybridized carbons (Fsp3) is 0.974. The van der Waals surface area contributed by atoms with Gasteiger partial charge in [0.2, 0.25) is 5.91 Å². The van der Waals surface area contributed by atoms with E-state index in [1.165, 1.54) is 379 Å². The average Bonchev–Trinajstić information content (AvgIpc) is 3.48. The highest BCUT2D eigenvalue weighted by Crippen LogP contribution is 2.20. The van der Waals surface area contributed by atoms with Crippen LogP contribution in [-0.2, 0) is 14.3 Å². The highest BCUT2D eigenvalue weighted by molar-refractivity contribution is 5.76. The van der Waals surface area contributed by atoms with E-state index in [4.69, 9.17) is 4.74 Å². The minimum absolute atomic E-state index is 0.0269. The van der Waals surface area contributed by atoms with Crippen LogP contribution in [0.5, 0.6) is 0 Å². The van der Waals surface area contributed by atoms with Crippen molar-refractivity contribution >= 4 is 11.9 Å². The lowest BCUT2D eigenvalue weighted by Crippen LogP contribution is -2.45. The Morgan fingerprint density at radius 2 is 0.500 bits per heavy atom. The third kappa shape index (κ3) is 68.0. The van der Waals surface area contributed by atoms with Gasteiger partial charge in [-0.1, -0.05) is 412 Å². The number of nitrogens with one attached hydrogen (secondary N) is 1. The standard InChI is InChI=1S/C76H151NO5/c1-3-5-7-9-11-13-15-16-42-46-50-54-58-62-66-70-76(81)82-71-67-63-59-55-51-47-44-41-39-37-35-33-31-29-27-25-23-21-19-17-18-20-22-24-26-28-30-32-34-36-38-40-43-45-49-53-57-61-65-69-75(80)77-73(72-78)74(79)68-64-60-56-52-48-14-12-10-8-6-4-2/h73-74,78-79H,3-72H2,1-2H3,(H,77,80). The summed E-state index contributed by atoms with van der Waals surface area (Å²) < 4.78 is 5.51. The van der Waals surface area contributed by atoms with Gasteiger partial charge in [-0.3, -0.25) is 9.59 Å². The summed E-state index contributed by atoms with van der Waals surface area (Å²) in [4.78, 5) is 24.6. The van der Waals surface area contributed by atoms with Gasteiger partial charge in [-0.05, 0) is 25.7 Å². The number of hydrogen-bond acceptors (Lipinski definition) is 5. The monoisotopic (exact) mass is 1160 g/mol. The van der Waals surface area contributed by atoms with E-state index < -0.39 is 12.1 Å². The molecule has 0 saturated carbocycles. The molecule has 6 heteroatoms. The molecule has 0 heterocycles. The molecule has 0 bridgehead atoms.